The summed E-state index contributed by atoms with van der Waals surface area (Å²) in [7, 11) is -3.75. The summed E-state index contributed by atoms with van der Waals surface area (Å²) in [5, 5.41) is 8.05. The minimum Gasteiger partial charge on any atom is -0.368 e. The van der Waals surface area contributed by atoms with Crippen molar-refractivity contribution in [3.05, 3.63) is 24.3 Å². The predicted octanol–water partition coefficient (Wildman–Crippen LogP) is 1.16. The van der Waals surface area contributed by atoms with E-state index in [-0.39, 0.29) is 4.90 Å². The van der Waals surface area contributed by atoms with Crippen LogP contribution in [0.25, 0.3) is 0 Å². The summed E-state index contributed by atoms with van der Waals surface area (Å²) in [5.74, 6) is 2.52. The van der Waals surface area contributed by atoms with Crippen molar-refractivity contribution in [2.45, 2.75) is 24.3 Å². The number of hydrogen-bond acceptors (Lipinski definition) is 3. The Morgan fingerprint density at radius 3 is 2.44 bits per heavy atom. The minimum atomic E-state index is -3.75. The summed E-state index contributed by atoms with van der Waals surface area (Å²) >= 11 is 0. The van der Waals surface area contributed by atoms with Gasteiger partial charge in [-0.2, -0.15) is 0 Å². The fourth-order valence-corrected chi connectivity index (χ4v) is 1.88. The van der Waals surface area contributed by atoms with Crippen molar-refractivity contribution in [2.24, 2.45) is 5.14 Å². The van der Waals surface area contributed by atoms with Gasteiger partial charge in [-0.3, -0.25) is 0 Å². The van der Waals surface area contributed by atoms with Crippen LogP contribution in [0, 0.1) is 12.3 Å². The van der Waals surface area contributed by atoms with E-state index in [2.05, 4.69) is 11.2 Å². The summed E-state index contributed by atoms with van der Waals surface area (Å²) < 4.78 is 22.6. The molecule has 0 radical (unpaired) electrons. The molecular formula is C11H14N2O2S. The molecular weight excluding hydrogens is 224 g/mol. The highest BCUT2D eigenvalue weighted by Crippen LogP contribution is 2.22. The van der Waals surface area contributed by atoms with Crippen LogP contribution in [-0.2, 0) is 10.0 Å². The number of terminal acetylenes is 1. The van der Waals surface area contributed by atoms with Crippen molar-refractivity contribution in [3.8, 4) is 12.3 Å². The number of primary sulfonamides is 1. The first kappa shape index (κ1) is 12.6. The van der Waals surface area contributed by atoms with Crippen molar-refractivity contribution in [1.29, 1.82) is 0 Å². The van der Waals surface area contributed by atoms with E-state index in [4.69, 9.17) is 11.6 Å². The number of nitrogens with one attached hydrogen (secondary N) is 1. The first-order chi connectivity index (χ1) is 7.26. The predicted molar refractivity (Wildman–Crippen MR) is 64.3 cm³/mol. The summed E-state index contributed by atoms with van der Waals surface area (Å²) in [4.78, 5) is 0.0401. The molecule has 0 saturated carbocycles. The first-order valence-corrected chi connectivity index (χ1v) is 6.19. The fraction of sp³-hybridized carbons (Fsp3) is 0.273. The van der Waals surface area contributed by atoms with Crippen molar-refractivity contribution >= 4 is 15.7 Å². The van der Waals surface area contributed by atoms with E-state index in [0.717, 1.165) is 0 Å². The van der Waals surface area contributed by atoms with Gasteiger partial charge in [0.1, 0.15) is 4.90 Å². The van der Waals surface area contributed by atoms with Crippen LogP contribution in [0.5, 0.6) is 0 Å². The number of nitrogens with two attached hydrogens (primary N) is 1. The number of para-hydroxylation sites is 1. The lowest BCUT2D eigenvalue weighted by Gasteiger charge is -2.22. The van der Waals surface area contributed by atoms with Crippen LogP contribution in [0.15, 0.2) is 29.2 Å². The Kier molecular flexibility index (Phi) is 3.27. The topological polar surface area (TPSA) is 72.2 Å². The maximum absolute atomic E-state index is 11.3. The molecule has 3 N–H and O–H groups in total. The Morgan fingerprint density at radius 1 is 1.38 bits per heavy atom. The third-order valence-corrected chi connectivity index (χ3v) is 2.97. The number of sulfonamides is 1. The van der Waals surface area contributed by atoms with Gasteiger partial charge >= 0.3 is 0 Å². The standard InChI is InChI=1S/C11H14N2O2S/c1-4-11(2,3)13-9-7-5-6-8-10(9)16(12,14)15/h1,5-8,13H,2-3H3,(H2,12,14,15). The highest BCUT2D eigenvalue weighted by atomic mass is 32.2. The van der Waals surface area contributed by atoms with Crippen LogP contribution in [0.1, 0.15) is 13.8 Å². The molecule has 1 aromatic rings. The van der Waals surface area contributed by atoms with Gasteiger partial charge in [-0.25, -0.2) is 13.6 Å². The zero-order valence-electron chi connectivity index (χ0n) is 9.19. The normalized spacial score (nSPS) is 11.9. The lowest BCUT2D eigenvalue weighted by Crippen LogP contribution is -2.29. The van der Waals surface area contributed by atoms with Gasteiger partial charge in [-0.1, -0.05) is 18.1 Å². The molecule has 0 aliphatic rings. The zero-order chi connectivity index (χ0) is 12.4. The average molecular weight is 238 g/mol. The van der Waals surface area contributed by atoms with E-state index in [1.807, 2.05) is 0 Å². The fourth-order valence-electron chi connectivity index (χ4n) is 1.19. The van der Waals surface area contributed by atoms with Crippen molar-refractivity contribution in [3.63, 3.8) is 0 Å². The Morgan fingerprint density at radius 2 is 1.94 bits per heavy atom. The van der Waals surface area contributed by atoms with Crippen LogP contribution in [0.2, 0.25) is 0 Å². The third-order valence-electron chi connectivity index (χ3n) is 2.00. The van der Waals surface area contributed by atoms with Gasteiger partial charge in [-0.05, 0) is 26.0 Å². The van der Waals surface area contributed by atoms with Gasteiger partial charge in [0.05, 0.1) is 11.2 Å². The maximum Gasteiger partial charge on any atom is 0.240 e. The van der Waals surface area contributed by atoms with E-state index in [1.54, 1.807) is 32.0 Å². The Bertz CT molecular complexity index is 527. The number of anilines is 1. The molecule has 0 atom stereocenters. The van der Waals surface area contributed by atoms with Gasteiger partial charge in [0.2, 0.25) is 10.0 Å². The molecule has 0 bridgehead atoms. The van der Waals surface area contributed by atoms with Crippen LogP contribution in [0.4, 0.5) is 5.69 Å². The number of benzene rings is 1. The van der Waals surface area contributed by atoms with Crippen LogP contribution in [-0.4, -0.2) is 14.0 Å². The van der Waals surface area contributed by atoms with E-state index in [1.165, 1.54) is 6.07 Å². The molecule has 0 aliphatic heterocycles. The smallest absolute Gasteiger partial charge is 0.240 e. The Balaban J connectivity index is 3.22. The average Bonchev–Trinajstić information content (AvgIpc) is 2.16. The summed E-state index contributed by atoms with van der Waals surface area (Å²) in [6.45, 7) is 3.54. The van der Waals surface area contributed by atoms with Gasteiger partial charge in [-0.15, -0.1) is 6.42 Å². The molecule has 1 rings (SSSR count). The molecule has 0 amide bonds. The van der Waals surface area contributed by atoms with E-state index >= 15 is 0 Å². The van der Waals surface area contributed by atoms with Crippen molar-refractivity contribution in [2.75, 3.05) is 5.32 Å². The van der Waals surface area contributed by atoms with E-state index in [0.29, 0.717) is 5.69 Å². The second-order valence-electron chi connectivity index (χ2n) is 3.94. The van der Waals surface area contributed by atoms with Gasteiger partial charge < -0.3 is 5.32 Å². The lowest BCUT2D eigenvalue weighted by molar-refractivity contribution is 0.597. The number of hydrogen-bond donors (Lipinski definition) is 2. The maximum atomic E-state index is 11.3. The summed E-state index contributed by atoms with van der Waals surface area (Å²) in [6.07, 6.45) is 5.32. The lowest BCUT2D eigenvalue weighted by atomic mass is 10.1. The molecule has 0 heterocycles. The molecule has 0 unspecified atom stereocenters. The van der Waals surface area contributed by atoms with Gasteiger partial charge in [0.15, 0.2) is 0 Å². The van der Waals surface area contributed by atoms with Crippen LogP contribution < -0.4 is 10.5 Å². The Labute approximate surface area is 95.9 Å². The molecule has 0 aliphatic carbocycles. The summed E-state index contributed by atoms with van der Waals surface area (Å²) in [6, 6.07) is 6.38. The second kappa shape index (κ2) is 4.16. The molecule has 86 valence electrons. The highest BCUT2D eigenvalue weighted by Gasteiger charge is 2.19. The molecule has 0 fully saturated rings. The van der Waals surface area contributed by atoms with Gasteiger partial charge in [0, 0.05) is 0 Å². The van der Waals surface area contributed by atoms with Crippen molar-refractivity contribution < 1.29 is 8.42 Å². The van der Waals surface area contributed by atoms with E-state index in [9.17, 15) is 8.42 Å². The first-order valence-electron chi connectivity index (χ1n) is 4.64. The molecule has 16 heavy (non-hydrogen) atoms. The van der Waals surface area contributed by atoms with Crippen LogP contribution >= 0.6 is 0 Å². The molecule has 0 saturated heterocycles. The van der Waals surface area contributed by atoms with Crippen molar-refractivity contribution in [1.82, 2.24) is 0 Å². The SMILES string of the molecule is C#CC(C)(C)Nc1ccccc1S(N)(=O)=O. The molecule has 0 aromatic heterocycles. The highest BCUT2D eigenvalue weighted by molar-refractivity contribution is 7.89. The minimum absolute atomic E-state index is 0.0401. The quantitative estimate of drug-likeness (QED) is 0.776. The molecule has 0 spiro atoms. The monoisotopic (exact) mass is 238 g/mol. The molecule has 5 heteroatoms. The van der Waals surface area contributed by atoms with Gasteiger partial charge in [0.25, 0.3) is 0 Å². The Hall–Kier alpha value is -1.51. The van der Waals surface area contributed by atoms with Crippen LogP contribution in [0.3, 0.4) is 0 Å². The number of rotatable bonds is 3. The third kappa shape index (κ3) is 2.99. The molecule has 4 nitrogen and oxygen atoms in total. The summed E-state index contributed by atoms with van der Waals surface area (Å²) in [5.41, 5.74) is -0.228. The van der Waals surface area contributed by atoms with E-state index < -0.39 is 15.6 Å². The molecule has 1 aromatic carbocycles. The zero-order valence-corrected chi connectivity index (χ0v) is 10.0. The second-order valence-corrected chi connectivity index (χ2v) is 5.47. The largest absolute Gasteiger partial charge is 0.368 e.